The van der Waals surface area contributed by atoms with Crippen molar-refractivity contribution in [3.63, 3.8) is 0 Å². The van der Waals surface area contributed by atoms with Crippen LogP contribution in [0, 0.1) is 13.8 Å². The Labute approximate surface area is 145 Å². The van der Waals surface area contributed by atoms with Crippen molar-refractivity contribution in [3.05, 3.63) is 77.0 Å². The molecule has 2 aromatic carbocycles. The summed E-state index contributed by atoms with van der Waals surface area (Å²) in [6.45, 7) is 3.70. The molecule has 25 heavy (non-hydrogen) atoms. The number of nitrogens with two attached hydrogens (primary N) is 1. The van der Waals surface area contributed by atoms with Crippen LogP contribution in [-0.2, 0) is 9.53 Å². The minimum Gasteiger partial charge on any atom is -0.444 e. The average molecular weight is 334 g/mol. The van der Waals surface area contributed by atoms with Gasteiger partial charge in [-0.3, -0.25) is 9.78 Å². The number of hydrogen-bond acceptors (Lipinski definition) is 4. The lowest BCUT2D eigenvalue weighted by atomic mass is 10.1. The molecule has 0 radical (unpaired) electrons. The molecular weight excluding hydrogens is 316 g/mol. The van der Waals surface area contributed by atoms with Gasteiger partial charge in [0.1, 0.15) is 0 Å². The monoisotopic (exact) mass is 334 g/mol. The second-order valence-corrected chi connectivity index (χ2v) is 5.92. The lowest BCUT2D eigenvalue weighted by molar-refractivity contribution is -0.127. The topological polar surface area (TPSA) is 82.3 Å². The fraction of sp³-hybridized carbons (Fsp3) is 0.150. The van der Waals surface area contributed by atoms with Crippen molar-refractivity contribution in [3.8, 4) is 0 Å². The fourth-order valence-electron chi connectivity index (χ4n) is 2.69. The highest BCUT2D eigenvalue weighted by molar-refractivity contribution is 5.96. The van der Waals surface area contributed by atoms with E-state index in [1.54, 1.807) is 37.3 Å². The van der Waals surface area contributed by atoms with Crippen LogP contribution in [0.5, 0.6) is 0 Å². The lowest BCUT2D eigenvalue weighted by Gasteiger charge is -2.16. The largest absolute Gasteiger partial charge is 0.444 e. The van der Waals surface area contributed by atoms with Gasteiger partial charge < -0.3 is 10.5 Å². The standard InChI is InChI=1S/C20H18N2O3/c1-12-8-9-17-15(10-12)11-16(13(2)22-17)20(24)25-18(19(21)23)14-6-4-3-5-7-14/h3-11,18H,1-2H3,(H2,21,23)/t18-/m1/s1. The van der Waals surface area contributed by atoms with Gasteiger partial charge in [-0.1, -0.05) is 42.0 Å². The molecule has 3 rings (SSSR count). The summed E-state index contributed by atoms with van der Waals surface area (Å²) in [6, 6.07) is 16.2. The van der Waals surface area contributed by atoms with Gasteiger partial charge in [0, 0.05) is 10.9 Å². The van der Waals surface area contributed by atoms with E-state index in [1.165, 1.54) is 0 Å². The van der Waals surface area contributed by atoms with Gasteiger partial charge in [0.25, 0.3) is 5.91 Å². The molecule has 1 amide bonds. The summed E-state index contributed by atoms with van der Waals surface area (Å²) in [5, 5.41) is 0.841. The van der Waals surface area contributed by atoms with Crippen LogP contribution < -0.4 is 5.73 Å². The van der Waals surface area contributed by atoms with Crippen molar-refractivity contribution >= 4 is 22.8 Å². The van der Waals surface area contributed by atoms with E-state index in [0.717, 1.165) is 16.5 Å². The minimum absolute atomic E-state index is 0.320. The van der Waals surface area contributed by atoms with Crippen LogP contribution in [0.25, 0.3) is 10.9 Å². The van der Waals surface area contributed by atoms with Gasteiger partial charge in [0.15, 0.2) is 0 Å². The summed E-state index contributed by atoms with van der Waals surface area (Å²) in [5.41, 5.74) is 8.67. The molecule has 0 saturated heterocycles. The maximum absolute atomic E-state index is 12.6. The molecule has 126 valence electrons. The van der Waals surface area contributed by atoms with Crippen molar-refractivity contribution in [1.29, 1.82) is 0 Å². The molecule has 1 heterocycles. The minimum atomic E-state index is -1.14. The number of amides is 1. The summed E-state index contributed by atoms with van der Waals surface area (Å²) in [6.07, 6.45) is -1.14. The predicted molar refractivity (Wildman–Crippen MR) is 95.0 cm³/mol. The number of benzene rings is 2. The third-order valence-electron chi connectivity index (χ3n) is 3.97. The molecule has 1 atom stereocenters. The number of nitrogens with zero attached hydrogens (tertiary/aromatic N) is 1. The van der Waals surface area contributed by atoms with E-state index < -0.39 is 18.0 Å². The van der Waals surface area contributed by atoms with Gasteiger partial charge in [0.2, 0.25) is 6.10 Å². The van der Waals surface area contributed by atoms with Crippen LogP contribution in [-0.4, -0.2) is 16.9 Å². The Bertz CT molecular complexity index is 952. The van der Waals surface area contributed by atoms with Crippen LogP contribution in [0.4, 0.5) is 0 Å². The molecule has 0 fully saturated rings. The summed E-state index contributed by atoms with van der Waals surface area (Å²) in [5.74, 6) is -1.34. The number of rotatable bonds is 4. The van der Waals surface area contributed by atoms with E-state index in [-0.39, 0.29) is 0 Å². The Balaban J connectivity index is 1.95. The average Bonchev–Trinajstić information content (AvgIpc) is 2.59. The van der Waals surface area contributed by atoms with E-state index in [1.807, 2.05) is 31.2 Å². The molecule has 0 aliphatic rings. The molecule has 1 aromatic heterocycles. The van der Waals surface area contributed by atoms with Gasteiger partial charge in [-0.05, 0) is 32.0 Å². The van der Waals surface area contributed by atoms with Gasteiger partial charge >= 0.3 is 5.97 Å². The molecule has 0 bridgehead atoms. The smallest absolute Gasteiger partial charge is 0.341 e. The second kappa shape index (κ2) is 6.73. The first-order valence-electron chi connectivity index (χ1n) is 7.89. The van der Waals surface area contributed by atoms with Gasteiger partial charge in [0.05, 0.1) is 16.8 Å². The van der Waals surface area contributed by atoms with Crippen LogP contribution in [0.15, 0.2) is 54.6 Å². The van der Waals surface area contributed by atoms with Crippen LogP contribution >= 0.6 is 0 Å². The number of ether oxygens (including phenoxy) is 1. The second-order valence-electron chi connectivity index (χ2n) is 5.92. The lowest BCUT2D eigenvalue weighted by Crippen LogP contribution is -2.26. The van der Waals surface area contributed by atoms with E-state index in [2.05, 4.69) is 4.98 Å². The summed E-state index contributed by atoms with van der Waals surface area (Å²) in [7, 11) is 0. The fourth-order valence-corrected chi connectivity index (χ4v) is 2.69. The maximum Gasteiger partial charge on any atom is 0.341 e. The van der Waals surface area contributed by atoms with E-state index >= 15 is 0 Å². The SMILES string of the molecule is Cc1ccc2nc(C)c(C(=O)O[C@@H](C(N)=O)c3ccccc3)cc2c1. The molecule has 5 heteroatoms. The Morgan fingerprint density at radius 1 is 1.04 bits per heavy atom. The Kier molecular flexibility index (Phi) is 4.48. The van der Waals surface area contributed by atoms with Crippen molar-refractivity contribution in [1.82, 2.24) is 4.98 Å². The van der Waals surface area contributed by atoms with Crippen molar-refractivity contribution in [2.24, 2.45) is 5.73 Å². The zero-order valence-corrected chi connectivity index (χ0v) is 14.0. The molecule has 2 N–H and O–H groups in total. The highest BCUT2D eigenvalue weighted by Crippen LogP contribution is 2.22. The van der Waals surface area contributed by atoms with E-state index in [0.29, 0.717) is 16.8 Å². The highest BCUT2D eigenvalue weighted by Gasteiger charge is 2.24. The van der Waals surface area contributed by atoms with E-state index in [9.17, 15) is 9.59 Å². The quantitative estimate of drug-likeness (QED) is 0.743. The Morgan fingerprint density at radius 2 is 1.76 bits per heavy atom. The maximum atomic E-state index is 12.6. The molecule has 5 nitrogen and oxygen atoms in total. The third-order valence-corrected chi connectivity index (χ3v) is 3.97. The number of carbonyl (C=O) groups excluding carboxylic acids is 2. The van der Waals surface area contributed by atoms with Crippen LogP contribution in [0.1, 0.15) is 33.3 Å². The van der Waals surface area contributed by atoms with Gasteiger partial charge in [-0.2, -0.15) is 0 Å². The Hall–Kier alpha value is -3.21. The third kappa shape index (κ3) is 3.50. The Morgan fingerprint density at radius 3 is 2.44 bits per heavy atom. The first-order valence-corrected chi connectivity index (χ1v) is 7.89. The summed E-state index contributed by atoms with van der Waals surface area (Å²) >= 11 is 0. The molecule has 0 saturated carbocycles. The van der Waals surface area contributed by atoms with Gasteiger partial charge in [-0.25, -0.2) is 4.79 Å². The molecule has 0 aliphatic carbocycles. The predicted octanol–water partition coefficient (Wildman–Crippen LogP) is 3.24. The number of aromatic nitrogens is 1. The van der Waals surface area contributed by atoms with Crippen molar-refractivity contribution < 1.29 is 14.3 Å². The summed E-state index contributed by atoms with van der Waals surface area (Å²) in [4.78, 5) is 28.8. The number of aryl methyl sites for hydroxylation is 2. The normalized spacial score (nSPS) is 11.9. The summed E-state index contributed by atoms with van der Waals surface area (Å²) < 4.78 is 5.39. The number of carbonyl (C=O) groups is 2. The molecule has 0 unspecified atom stereocenters. The number of hydrogen-bond donors (Lipinski definition) is 1. The number of pyridine rings is 1. The van der Waals surface area contributed by atoms with Crippen molar-refractivity contribution in [2.45, 2.75) is 20.0 Å². The van der Waals surface area contributed by atoms with Gasteiger partial charge in [-0.15, -0.1) is 0 Å². The first kappa shape index (κ1) is 16.6. The number of fused-ring (bicyclic) bond motifs is 1. The molecular formula is C20H18N2O3. The van der Waals surface area contributed by atoms with Crippen LogP contribution in [0.2, 0.25) is 0 Å². The molecule has 0 spiro atoms. The zero-order valence-electron chi connectivity index (χ0n) is 14.0. The molecule has 3 aromatic rings. The van der Waals surface area contributed by atoms with E-state index in [4.69, 9.17) is 10.5 Å². The van der Waals surface area contributed by atoms with Crippen LogP contribution in [0.3, 0.4) is 0 Å². The highest BCUT2D eigenvalue weighted by atomic mass is 16.5. The zero-order chi connectivity index (χ0) is 18.0. The first-order chi connectivity index (χ1) is 12.0. The van der Waals surface area contributed by atoms with Crippen molar-refractivity contribution in [2.75, 3.05) is 0 Å². The number of primary amides is 1. The molecule has 0 aliphatic heterocycles. The number of esters is 1.